The van der Waals surface area contributed by atoms with Gasteiger partial charge in [-0.2, -0.15) is 5.10 Å². The Morgan fingerprint density at radius 2 is 1.93 bits per heavy atom. The second-order valence-corrected chi connectivity index (χ2v) is 8.15. The van der Waals surface area contributed by atoms with E-state index in [9.17, 15) is 4.39 Å². The zero-order valence-electron chi connectivity index (χ0n) is 16.0. The summed E-state index contributed by atoms with van der Waals surface area (Å²) in [5.41, 5.74) is 5.32. The van der Waals surface area contributed by atoms with Crippen LogP contribution in [0.2, 0.25) is 0 Å². The van der Waals surface area contributed by atoms with Gasteiger partial charge >= 0.3 is 0 Å². The summed E-state index contributed by atoms with van der Waals surface area (Å²) in [4.78, 5) is 11.7. The Balaban J connectivity index is 1.51. The molecule has 27 heavy (non-hydrogen) atoms. The Kier molecular flexibility index (Phi) is 4.52. The molecule has 140 valence electrons. The molecule has 6 heteroatoms. The van der Waals surface area contributed by atoms with Crippen molar-refractivity contribution in [3.63, 3.8) is 0 Å². The van der Waals surface area contributed by atoms with Crippen LogP contribution in [0.1, 0.15) is 43.4 Å². The number of nitrogens with zero attached hydrogens (tertiary/aromatic N) is 4. The molecule has 0 atom stereocenters. The summed E-state index contributed by atoms with van der Waals surface area (Å²) in [7, 11) is 0. The van der Waals surface area contributed by atoms with Crippen LogP contribution >= 0.6 is 0 Å². The van der Waals surface area contributed by atoms with E-state index >= 15 is 0 Å². The van der Waals surface area contributed by atoms with E-state index < -0.39 is 0 Å². The molecular weight excluding hydrogens is 341 g/mol. The summed E-state index contributed by atoms with van der Waals surface area (Å²) in [6.07, 6.45) is 4.75. The van der Waals surface area contributed by atoms with E-state index in [2.05, 4.69) is 40.9 Å². The molecule has 0 fully saturated rings. The van der Waals surface area contributed by atoms with Crippen molar-refractivity contribution in [1.82, 2.24) is 25.1 Å². The lowest BCUT2D eigenvalue weighted by Crippen LogP contribution is -2.32. The quantitative estimate of drug-likeness (QED) is 0.766. The molecule has 4 rings (SSSR count). The zero-order valence-corrected chi connectivity index (χ0v) is 16.0. The van der Waals surface area contributed by atoms with Crippen LogP contribution in [0.4, 0.5) is 4.39 Å². The predicted octanol–water partition coefficient (Wildman–Crippen LogP) is 3.86. The molecule has 2 aromatic heterocycles. The number of hydrogen-bond acceptors (Lipinski definition) is 4. The van der Waals surface area contributed by atoms with E-state index in [1.807, 2.05) is 12.4 Å². The summed E-state index contributed by atoms with van der Waals surface area (Å²) in [6.45, 7) is 8.97. The fourth-order valence-corrected chi connectivity index (χ4v) is 3.41. The third-order valence-corrected chi connectivity index (χ3v) is 4.93. The average Bonchev–Trinajstić information content (AvgIpc) is 3.09. The van der Waals surface area contributed by atoms with Crippen molar-refractivity contribution in [3.05, 3.63) is 65.1 Å². The highest BCUT2D eigenvalue weighted by molar-refractivity contribution is 5.62. The minimum Gasteiger partial charge on any atom is -0.294 e. The topological polar surface area (TPSA) is 57.7 Å². The number of hydrogen-bond donors (Lipinski definition) is 1. The highest BCUT2D eigenvalue weighted by Crippen LogP contribution is 2.26. The molecule has 0 amide bonds. The van der Waals surface area contributed by atoms with Crippen LogP contribution < -0.4 is 0 Å². The van der Waals surface area contributed by atoms with Crippen molar-refractivity contribution in [2.24, 2.45) is 0 Å². The Morgan fingerprint density at radius 3 is 2.67 bits per heavy atom. The summed E-state index contributed by atoms with van der Waals surface area (Å²) >= 11 is 0. The molecule has 0 saturated carbocycles. The number of H-pyrrole nitrogens is 1. The van der Waals surface area contributed by atoms with Gasteiger partial charge in [0, 0.05) is 60.1 Å². The molecule has 0 aliphatic carbocycles. The first kappa shape index (κ1) is 17.8. The van der Waals surface area contributed by atoms with Crippen molar-refractivity contribution < 1.29 is 4.39 Å². The molecule has 3 heterocycles. The van der Waals surface area contributed by atoms with Crippen molar-refractivity contribution in [2.75, 3.05) is 6.54 Å². The van der Waals surface area contributed by atoms with E-state index in [0.29, 0.717) is 0 Å². The second-order valence-electron chi connectivity index (χ2n) is 8.15. The van der Waals surface area contributed by atoms with E-state index in [1.165, 1.54) is 17.7 Å². The van der Waals surface area contributed by atoms with Crippen LogP contribution in [0.3, 0.4) is 0 Å². The lowest BCUT2D eigenvalue weighted by molar-refractivity contribution is 0.242. The molecule has 1 aliphatic heterocycles. The Hall–Kier alpha value is -2.60. The zero-order chi connectivity index (χ0) is 19.0. The highest BCUT2D eigenvalue weighted by atomic mass is 19.1. The van der Waals surface area contributed by atoms with Crippen molar-refractivity contribution in [3.8, 4) is 11.3 Å². The molecule has 1 N–H and O–H groups in total. The van der Waals surface area contributed by atoms with Gasteiger partial charge in [-0.1, -0.05) is 20.8 Å². The summed E-state index contributed by atoms with van der Waals surface area (Å²) in [5.74, 6) is 0.671. The van der Waals surface area contributed by atoms with Crippen molar-refractivity contribution in [2.45, 2.75) is 45.7 Å². The number of nitrogens with one attached hydrogen (secondary N) is 1. The molecule has 0 spiro atoms. The van der Waals surface area contributed by atoms with Gasteiger partial charge in [0.15, 0.2) is 0 Å². The minimum atomic E-state index is -0.234. The summed E-state index contributed by atoms with van der Waals surface area (Å²) < 4.78 is 13.2. The van der Waals surface area contributed by atoms with Gasteiger partial charge in [-0.15, -0.1) is 0 Å². The SMILES string of the molecule is CC(C)(C)c1ncc2c(n1)CCN(Cc1cn[nH]c1-c1ccc(F)cc1)C2. The number of fused-ring (bicyclic) bond motifs is 1. The third-order valence-electron chi connectivity index (χ3n) is 4.93. The standard InChI is InChI=1S/C21H24FN5/c1-21(2,3)20-23-10-15-12-27(9-8-18(15)25-20)13-16-11-24-26-19(16)14-4-6-17(22)7-5-14/h4-7,10-11H,8-9,12-13H2,1-3H3,(H,24,26). The monoisotopic (exact) mass is 365 g/mol. The second kappa shape index (κ2) is 6.85. The van der Waals surface area contributed by atoms with Gasteiger partial charge in [0.1, 0.15) is 11.6 Å². The van der Waals surface area contributed by atoms with Crippen molar-refractivity contribution in [1.29, 1.82) is 0 Å². The maximum absolute atomic E-state index is 13.2. The van der Waals surface area contributed by atoms with Crippen LogP contribution in [-0.2, 0) is 24.9 Å². The largest absolute Gasteiger partial charge is 0.294 e. The minimum absolute atomic E-state index is 0.0347. The van der Waals surface area contributed by atoms with Gasteiger partial charge in [0.25, 0.3) is 0 Å². The Bertz CT molecular complexity index is 940. The first-order valence-electron chi connectivity index (χ1n) is 9.26. The Morgan fingerprint density at radius 1 is 1.15 bits per heavy atom. The molecule has 3 aromatic rings. The molecule has 0 unspecified atom stereocenters. The lowest BCUT2D eigenvalue weighted by Gasteiger charge is -2.29. The molecule has 1 aliphatic rings. The summed E-state index contributed by atoms with van der Waals surface area (Å²) in [5, 5.41) is 7.25. The van der Waals surface area contributed by atoms with Crippen LogP contribution in [0.5, 0.6) is 0 Å². The van der Waals surface area contributed by atoms with E-state index in [4.69, 9.17) is 4.98 Å². The van der Waals surface area contributed by atoms with Gasteiger partial charge in [-0.3, -0.25) is 10.00 Å². The van der Waals surface area contributed by atoms with Gasteiger partial charge in [0.2, 0.25) is 0 Å². The fraction of sp³-hybridized carbons (Fsp3) is 0.381. The highest BCUT2D eigenvalue weighted by Gasteiger charge is 2.23. The normalized spacial score (nSPS) is 15.0. The van der Waals surface area contributed by atoms with Gasteiger partial charge in [0.05, 0.1) is 11.9 Å². The molecule has 0 radical (unpaired) electrons. The van der Waals surface area contributed by atoms with Gasteiger partial charge in [-0.25, -0.2) is 14.4 Å². The van der Waals surface area contributed by atoms with Crippen LogP contribution in [0, 0.1) is 5.82 Å². The maximum atomic E-state index is 13.2. The number of benzene rings is 1. The van der Waals surface area contributed by atoms with Gasteiger partial charge < -0.3 is 0 Å². The number of aromatic nitrogens is 4. The third kappa shape index (κ3) is 3.76. The number of rotatable bonds is 3. The van der Waals surface area contributed by atoms with E-state index in [0.717, 1.165) is 54.4 Å². The average molecular weight is 365 g/mol. The molecule has 1 aromatic carbocycles. The van der Waals surface area contributed by atoms with Crippen molar-refractivity contribution >= 4 is 0 Å². The van der Waals surface area contributed by atoms with E-state index in [1.54, 1.807) is 12.1 Å². The van der Waals surface area contributed by atoms with Crippen LogP contribution in [0.25, 0.3) is 11.3 Å². The Labute approximate surface area is 158 Å². The predicted molar refractivity (Wildman–Crippen MR) is 103 cm³/mol. The first-order chi connectivity index (χ1) is 12.9. The number of halogens is 1. The smallest absolute Gasteiger partial charge is 0.133 e. The van der Waals surface area contributed by atoms with Gasteiger partial charge in [-0.05, 0) is 24.3 Å². The first-order valence-corrected chi connectivity index (χ1v) is 9.26. The molecule has 0 saturated heterocycles. The fourth-order valence-electron chi connectivity index (χ4n) is 3.41. The molecule has 5 nitrogen and oxygen atoms in total. The van der Waals surface area contributed by atoms with Crippen LogP contribution in [-0.4, -0.2) is 31.6 Å². The molecule has 0 bridgehead atoms. The number of aromatic amines is 1. The molecular formula is C21H24FN5. The maximum Gasteiger partial charge on any atom is 0.133 e. The summed E-state index contributed by atoms with van der Waals surface area (Å²) in [6, 6.07) is 6.50. The van der Waals surface area contributed by atoms with Crippen LogP contribution in [0.15, 0.2) is 36.7 Å². The lowest BCUT2D eigenvalue weighted by atomic mass is 9.95. The van der Waals surface area contributed by atoms with E-state index in [-0.39, 0.29) is 11.2 Å².